The summed E-state index contributed by atoms with van der Waals surface area (Å²) in [5.41, 5.74) is 0.351. The number of carbonyl (C=O) groups is 2. The van der Waals surface area contributed by atoms with Crippen LogP contribution in [0.5, 0.6) is 0 Å². The summed E-state index contributed by atoms with van der Waals surface area (Å²) in [6.07, 6.45) is 5.64. The van der Waals surface area contributed by atoms with Crippen LogP contribution in [0.3, 0.4) is 0 Å². The van der Waals surface area contributed by atoms with Gasteiger partial charge in [-0.25, -0.2) is 0 Å². The van der Waals surface area contributed by atoms with Crippen LogP contribution in [0.25, 0.3) is 0 Å². The van der Waals surface area contributed by atoms with E-state index < -0.39 is 0 Å². The normalized spacial score (nSPS) is 20.2. The molecule has 0 spiro atoms. The van der Waals surface area contributed by atoms with Crippen LogP contribution in [-0.4, -0.2) is 52.9 Å². The molecule has 0 atom stereocenters. The molecular weight excluding hydrogens is 282 g/mol. The van der Waals surface area contributed by atoms with Crippen molar-refractivity contribution in [1.82, 2.24) is 15.0 Å². The third-order valence-corrected chi connectivity index (χ3v) is 4.68. The molecule has 1 aliphatic heterocycles. The maximum Gasteiger partial charge on any atom is 0.276 e. The van der Waals surface area contributed by atoms with E-state index in [1.54, 1.807) is 17.9 Å². The molecule has 2 aliphatic rings. The number of hydrogen-bond acceptors (Lipinski definition) is 4. The molecule has 1 saturated heterocycles. The fourth-order valence-corrected chi connectivity index (χ4v) is 3.37. The Hall–Kier alpha value is -1.85. The van der Waals surface area contributed by atoms with Gasteiger partial charge in [-0.15, -0.1) is 0 Å². The van der Waals surface area contributed by atoms with Crippen LogP contribution in [0.2, 0.25) is 0 Å². The first kappa shape index (κ1) is 15.1. The van der Waals surface area contributed by atoms with E-state index in [0.717, 1.165) is 12.8 Å². The van der Waals surface area contributed by atoms with Crippen LogP contribution in [0, 0.1) is 12.8 Å². The number of rotatable bonds is 2. The largest absolute Gasteiger partial charge is 0.361 e. The molecule has 6 nitrogen and oxygen atoms in total. The van der Waals surface area contributed by atoms with Crippen LogP contribution < -0.4 is 0 Å². The average Bonchev–Trinajstić information content (AvgIpc) is 3.01. The second-order valence-corrected chi connectivity index (χ2v) is 6.28. The van der Waals surface area contributed by atoms with Crippen LogP contribution in [0.4, 0.5) is 0 Å². The van der Waals surface area contributed by atoms with Crippen molar-refractivity contribution in [2.75, 3.05) is 26.2 Å². The van der Waals surface area contributed by atoms with Crippen molar-refractivity contribution in [2.24, 2.45) is 5.92 Å². The molecule has 0 radical (unpaired) electrons. The third-order valence-electron chi connectivity index (χ3n) is 4.68. The minimum Gasteiger partial charge on any atom is -0.361 e. The van der Waals surface area contributed by atoms with E-state index in [0.29, 0.717) is 37.6 Å². The topological polar surface area (TPSA) is 66.7 Å². The quantitative estimate of drug-likeness (QED) is 0.836. The molecule has 0 N–H and O–H groups in total. The lowest BCUT2D eigenvalue weighted by Gasteiger charge is -2.36. The van der Waals surface area contributed by atoms with Gasteiger partial charge in [0.1, 0.15) is 5.76 Å². The molecule has 3 rings (SSSR count). The van der Waals surface area contributed by atoms with Gasteiger partial charge < -0.3 is 14.3 Å². The number of carbonyl (C=O) groups excluding carboxylic acids is 2. The van der Waals surface area contributed by atoms with E-state index in [9.17, 15) is 9.59 Å². The van der Waals surface area contributed by atoms with Crippen molar-refractivity contribution in [1.29, 1.82) is 0 Å². The summed E-state index contributed by atoms with van der Waals surface area (Å²) in [5.74, 6) is 1.01. The molecule has 2 fully saturated rings. The Morgan fingerprint density at radius 1 is 1.09 bits per heavy atom. The lowest BCUT2D eigenvalue weighted by Crippen LogP contribution is -2.52. The molecule has 120 valence electrons. The predicted octanol–water partition coefficient (Wildman–Crippen LogP) is 1.85. The zero-order valence-electron chi connectivity index (χ0n) is 13.1. The van der Waals surface area contributed by atoms with Gasteiger partial charge in [-0.1, -0.05) is 24.4 Å². The van der Waals surface area contributed by atoms with Crippen LogP contribution in [-0.2, 0) is 4.79 Å². The zero-order chi connectivity index (χ0) is 15.5. The van der Waals surface area contributed by atoms with Crippen LogP contribution in [0.1, 0.15) is 48.4 Å². The maximum atomic E-state index is 12.5. The number of amides is 2. The highest BCUT2D eigenvalue weighted by Gasteiger charge is 2.30. The first-order valence-electron chi connectivity index (χ1n) is 8.16. The molecule has 0 aromatic carbocycles. The molecular formula is C16H23N3O3. The Balaban J connectivity index is 1.53. The van der Waals surface area contributed by atoms with Crippen molar-refractivity contribution in [2.45, 2.75) is 39.0 Å². The summed E-state index contributed by atoms with van der Waals surface area (Å²) in [5, 5.41) is 3.77. The fourth-order valence-electron chi connectivity index (χ4n) is 3.37. The summed E-state index contributed by atoms with van der Waals surface area (Å²) in [4.78, 5) is 28.5. The van der Waals surface area contributed by atoms with E-state index in [1.165, 1.54) is 19.3 Å². The lowest BCUT2D eigenvalue weighted by atomic mass is 9.88. The Kier molecular flexibility index (Phi) is 4.45. The Bertz CT molecular complexity index is 541. The van der Waals surface area contributed by atoms with Crippen molar-refractivity contribution >= 4 is 11.8 Å². The summed E-state index contributed by atoms with van der Waals surface area (Å²) in [7, 11) is 0. The van der Waals surface area contributed by atoms with Crippen LogP contribution >= 0.6 is 0 Å². The number of aryl methyl sites for hydroxylation is 1. The van der Waals surface area contributed by atoms with Crippen molar-refractivity contribution in [3.05, 3.63) is 17.5 Å². The van der Waals surface area contributed by atoms with Gasteiger partial charge in [-0.3, -0.25) is 9.59 Å². The van der Waals surface area contributed by atoms with Crippen molar-refractivity contribution in [3.63, 3.8) is 0 Å². The second kappa shape index (κ2) is 6.50. The summed E-state index contributed by atoms with van der Waals surface area (Å²) in [6, 6.07) is 1.65. The minimum atomic E-state index is -0.110. The number of aromatic nitrogens is 1. The maximum absolute atomic E-state index is 12.5. The molecule has 1 aliphatic carbocycles. The average molecular weight is 305 g/mol. The Morgan fingerprint density at radius 3 is 2.32 bits per heavy atom. The monoisotopic (exact) mass is 305 g/mol. The summed E-state index contributed by atoms with van der Waals surface area (Å²) >= 11 is 0. The van der Waals surface area contributed by atoms with Gasteiger partial charge in [0.15, 0.2) is 5.69 Å². The van der Waals surface area contributed by atoms with Gasteiger partial charge in [-0.05, 0) is 19.8 Å². The number of piperazine rings is 1. The van der Waals surface area contributed by atoms with Crippen LogP contribution in [0.15, 0.2) is 10.6 Å². The van der Waals surface area contributed by atoms with E-state index >= 15 is 0 Å². The standard InChI is InChI=1S/C16H23N3O3/c1-12-11-14(17-22-12)16(21)19-9-7-18(8-10-19)15(20)13-5-3-2-4-6-13/h11,13H,2-10H2,1H3. The van der Waals surface area contributed by atoms with E-state index in [2.05, 4.69) is 5.16 Å². The molecule has 1 saturated carbocycles. The summed E-state index contributed by atoms with van der Waals surface area (Å²) in [6.45, 7) is 4.16. The molecule has 2 amide bonds. The molecule has 0 unspecified atom stereocenters. The van der Waals surface area contributed by atoms with Crippen molar-refractivity contribution in [3.8, 4) is 0 Å². The second-order valence-electron chi connectivity index (χ2n) is 6.28. The number of nitrogens with zero attached hydrogens (tertiary/aromatic N) is 3. The highest BCUT2D eigenvalue weighted by molar-refractivity contribution is 5.92. The third kappa shape index (κ3) is 3.15. The molecule has 0 bridgehead atoms. The summed E-state index contributed by atoms with van der Waals surface area (Å²) < 4.78 is 4.95. The fraction of sp³-hybridized carbons (Fsp3) is 0.688. The van der Waals surface area contributed by atoms with Gasteiger partial charge in [0.2, 0.25) is 5.91 Å². The van der Waals surface area contributed by atoms with E-state index in [4.69, 9.17) is 4.52 Å². The first-order valence-corrected chi connectivity index (χ1v) is 8.16. The van der Waals surface area contributed by atoms with Gasteiger partial charge in [-0.2, -0.15) is 0 Å². The smallest absolute Gasteiger partial charge is 0.276 e. The van der Waals surface area contributed by atoms with E-state index in [-0.39, 0.29) is 17.7 Å². The Morgan fingerprint density at radius 2 is 1.73 bits per heavy atom. The Labute approximate surface area is 130 Å². The highest BCUT2D eigenvalue weighted by atomic mass is 16.5. The van der Waals surface area contributed by atoms with Gasteiger partial charge in [0.05, 0.1) is 0 Å². The highest BCUT2D eigenvalue weighted by Crippen LogP contribution is 2.25. The van der Waals surface area contributed by atoms with Crippen molar-refractivity contribution < 1.29 is 14.1 Å². The zero-order valence-corrected chi connectivity index (χ0v) is 13.1. The molecule has 1 aromatic heterocycles. The van der Waals surface area contributed by atoms with E-state index in [1.807, 2.05) is 4.90 Å². The molecule has 6 heteroatoms. The van der Waals surface area contributed by atoms with Gasteiger partial charge >= 0.3 is 0 Å². The molecule has 22 heavy (non-hydrogen) atoms. The predicted molar refractivity (Wildman–Crippen MR) is 80.3 cm³/mol. The van der Waals surface area contributed by atoms with Gasteiger partial charge in [0.25, 0.3) is 5.91 Å². The minimum absolute atomic E-state index is 0.110. The molecule has 1 aromatic rings. The first-order chi connectivity index (χ1) is 10.6. The van der Waals surface area contributed by atoms with Gasteiger partial charge in [0, 0.05) is 38.2 Å². The SMILES string of the molecule is Cc1cc(C(=O)N2CCN(C(=O)C3CCCCC3)CC2)no1. The molecule has 2 heterocycles. The lowest BCUT2D eigenvalue weighted by molar-refractivity contribution is -0.138. The number of hydrogen-bond donors (Lipinski definition) is 0.